The molecule has 0 saturated carbocycles. The van der Waals surface area contributed by atoms with Crippen LogP contribution in [-0.2, 0) is 11.0 Å². The second-order valence-corrected chi connectivity index (χ2v) is 6.49. The van der Waals surface area contributed by atoms with E-state index in [4.69, 9.17) is 12.2 Å². The summed E-state index contributed by atoms with van der Waals surface area (Å²) in [5.74, 6) is -0.463. The number of amides is 1. The molecule has 1 amide bonds. The fourth-order valence-corrected chi connectivity index (χ4v) is 3.49. The van der Waals surface area contributed by atoms with Crippen LogP contribution in [0.25, 0.3) is 6.08 Å². The van der Waals surface area contributed by atoms with Crippen molar-refractivity contribution in [3.8, 4) is 0 Å². The number of nitrogens with zero attached hydrogens (tertiary/aromatic N) is 2. The number of halogens is 3. The maximum absolute atomic E-state index is 13.1. The maximum Gasteiger partial charge on any atom is 0.416 e. The lowest BCUT2D eigenvalue weighted by Gasteiger charge is -2.13. The Hall–Kier alpha value is -2.19. The van der Waals surface area contributed by atoms with E-state index in [1.165, 1.54) is 35.4 Å². The van der Waals surface area contributed by atoms with Crippen LogP contribution in [0.4, 0.5) is 18.9 Å². The van der Waals surface area contributed by atoms with E-state index in [0.29, 0.717) is 5.69 Å². The van der Waals surface area contributed by atoms with E-state index in [-0.39, 0.29) is 14.8 Å². The average Bonchev–Trinajstić information content (AvgIpc) is 2.82. The Morgan fingerprint density at radius 1 is 1.17 bits per heavy atom. The molecule has 3 rings (SSSR count). The Kier molecular flexibility index (Phi) is 4.42. The van der Waals surface area contributed by atoms with E-state index < -0.39 is 17.6 Å². The molecule has 0 atom stereocenters. The fraction of sp³-hybridized carbons (Fsp3) is 0.0625. The third kappa shape index (κ3) is 3.20. The van der Waals surface area contributed by atoms with E-state index in [2.05, 4.69) is 4.98 Å². The summed E-state index contributed by atoms with van der Waals surface area (Å²) in [6.07, 6.45) is -0.254. The number of thiocarbonyl (C=S) groups is 1. The van der Waals surface area contributed by atoms with E-state index in [9.17, 15) is 18.0 Å². The first-order chi connectivity index (χ1) is 11.4. The predicted octanol–water partition coefficient (Wildman–Crippen LogP) is 4.51. The lowest BCUT2D eigenvalue weighted by Crippen LogP contribution is -2.27. The molecule has 1 aliphatic rings. The molecule has 1 saturated heterocycles. The Labute approximate surface area is 145 Å². The lowest BCUT2D eigenvalue weighted by molar-refractivity contribution is -0.137. The van der Waals surface area contributed by atoms with E-state index >= 15 is 0 Å². The summed E-state index contributed by atoms with van der Waals surface area (Å²) in [5, 5.41) is 0. The van der Waals surface area contributed by atoms with Gasteiger partial charge in [-0.15, -0.1) is 0 Å². The van der Waals surface area contributed by atoms with Gasteiger partial charge in [0.05, 0.1) is 22.4 Å². The fourth-order valence-electron chi connectivity index (χ4n) is 2.20. The normalized spacial score (nSPS) is 17.0. The molecule has 0 N–H and O–H groups in total. The van der Waals surface area contributed by atoms with E-state index in [1.54, 1.807) is 18.3 Å². The second-order valence-electron chi connectivity index (χ2n) is 4.81. The van der Waals surface area contributed by atoms with Gasteiger partial charge in [-0.2, -0.15) is 13.2 Å². The molecule has 0 aliphatic carbocycles. The minimum absolute atomic E-state index is 0.0725. The summed E-state index contributed by atoms with van der Waals surface area (Å²) in [6, 6.07) is 8.40. The monoisotopic (exact) mass is 366 g/mol. The molecule has 1 aromatic heterocycles. The van der Waals surface area contributed by atoms with Gasteiger partial charge in [0.15, 0.2) is 4.32 Å². The highest BCUT2D eigenvalue weighted by Gasteiger charge is 2.36. The number of alkyl halides is 3. The number of anilines is 1. The smallest absolute Gasteiger partial charge is 0.268 e. The molecule has 2 aromatic rings. The van der Waals surface area contributed by atoms with Crippen molar-refractivity contribution in [1.29, 1.82) is 0 Å². The number of benzene rings is 1. The predicted molar refractivity (Wildman–Crippen MR) is 91.3 cm³/mol. The molecule has 2 heterocycles. The van der Waals surface area contributed by atoms with Crippen molar-refractivity contribution >= 4 is 46.0 Å². The van der Waals surface area contributed by atoms with E-state index in [1.807, 2.05) is 0 Å². The van der Waals surface area contributed by atoms with Crippen molar-refractivity contribution in [2.45, 2.75) is 6.18 Å². The molecule has 0 bridgehead atoms. The number of carbonyl (C=O) groups is 1. The molecule has 0 spiro atoms. The van der Waals surface area contributed by atoms with Gasteiger partial charge in [-0.1, -0.05) is 42.2 Å². The summed E-state index contributed by atoms with van der Waals surface area (Å²) in [5.41, 5.74) is -0.388. The van der Waals surface area contributed by atoms with Crippen LogP contribution in [0.5, 0.6) is 0 Å². The minimum Gasteiger partial charge on any atom is -0.268 e. The Morgan fingerprint density at radius 2 is 1.92 bits per heavy atom. The van der Waals surface area contributed by atoms with Gasteiger partial charge in [-0.3, -0.25) is 14.7 Å². The summed E-state index contributed by atoms with van der Waals surface area (Å²) < 4.78 is 39.5. The maximum atomic E-state index is 13.1. The molecule has 1 aromatic carbocycles. The highest BCUT2D eigenvalue weighted by Crippen LogP contribution is 2.38. The summed E-state index contributed by atoms with van der Waals surface area (Å²) in [6.45, 7) is 0. The van der Waals surface area contributed by atoms with Gasteiger partial charge < -0.3 is 0 Å². The quantitative estimate of drug-likeness (QED) is 0.579. The van der Waals surface area contributed by atoms with Crippen molar-refractivity contribution in [3.05, 3.63) is 64.8 Å². The highest BCUT2D eigenvalue weighted by molar-refractivity contribution is 8.27. The molecule has 1 fully saturated rings. The number of aromatic nitrogens is 1. The molecule has 3 nitrogen and oxygen atoms in total. The summed E-state index contributed by atoms with van der Waals surface area (Å²) in [7, 11) is 0. The largest absolute Gasteiger partial charge is 0.416 e. The molecule has 122 valence electrons. The molecule has 24 heavy (non-hydrogen) atoms. The van der Waals surface area contributed by atoms with Crippen LogP contribution in [0.1, 0.15) is 11.1 Å². The Balaban J connectivity index is 1.99. The first-order valence-electron chi connectivity index (χ1n) is 6.72. The number of carbonyl (C=O) groups excluding carboxylic acids is 1. The van der Waals surface area contributed by atoms with Gasteiger partial charge in [0, 0.05) is 6.20 Å². The minimum atomic E-state index is -4.50. The van der Waals surface area contributed by atoms with Gasteiger partial charge in [0.25, 0.3) is 5.91 Å². The second kappa shape index (κ2) is 6.37. The van der Waals surface area contributed by atoms with Gasteiger partial charge in [-0.05, 0) is 29.8 Å². The highest BCUT2D eigenvalue weighted by atomic mass is 32.2. The zero-order valence-electron chi connectivity index (χ0n) is 11.9. The van der Waals surface area contributed by atoms with Crippen LogP contribution in [0, 0.1) is 0 Å². The van der Waals surface area contributed by atoms with Gasteiger partial charge >= 0.3 is 6.18 Å². The van der Waals surface area contributed by atoms with Crippen molar-refractivity contribution < 1.29 is 18.0 Å². The molecule has 0 radical (unpaired) electrons. The first kappa shape index (κ1) is 16.7. The Bertz CT molecular complexity index is 835. The SMILES string of the molecule is O=C1/C(=C/c2ccccc2C(F)(F)F)SC(=S)N1c1cccnc1. The van der Waals surface area contributed by atoms with Crippen LogP contribution in [0.15, 0.2) is 53.7 Å². The zero-order valence-corrected chi connectivity index (χ0v) is 13.6. The standard InChI is InChI=1S/C16H9F3N2OS2/c17-16(18,19)12-6-2-1-4-10(12)8-13-14(22)21(15(23)24-13)11-5-3-7-20-9-11/h1-9H/b13-8-. The number of thioether (sulfide) groups is 1. The number of hydrogen-bond acceptors (Lipinski definition) is 4. The molecule has 1 aliphatic heterocycles. The lowest BCUT2D eigenvalue weighted by atomic mass is 10.1. The first-order valence-corrected chi connectivity index (χ1v) is 7.94. The Morgan fingerprint density at radius 3 is 2.58 bits per heavy atom. The molecule has 8 heteroatoms. The summed E-state index contributed by atoms with van der Waals surface area (Å²) in [4.78, 5) is 17.8. The van der Waals surface area contributed by atoms with Crippen molar-refractivity contribution in [2.24, 2.45) is 0 Å². The van der Waals surface area contributed by atoms with Crippen LogP contribution in [0.3, 0.4) is 0 Å². The number of pyridine rings is 1. The average molecular weight is 366 g/mol. The third-order valence-electron chi connectivity index (χ3n) is 3.25. The van der Waals surface area contributed by atoms with Crippen LogP contribution < -0.4 is 4.90 Å². The molecule has 0 unspecified atom stereocenters. The van der Waals surface area contributed by atoms with Crippen molar-refractivity contribution in [1.82, 2.24) is 4.98 Å². The van der Waals surface area contributed by atoms with Gasteiger partial charge in [0.1, 0.15) is 0 Å². The zero-order chi connectivity index (χ0) is 17.3. The van der Waals surface area contributed by atoms with Crippen LogP contribution in [-0.4, -0.2) is 15.2 Å². The number of hydrogen-bond donors (Lipinski definition) is 0. The van der Waals surface area contributed by atoms with E-state index in [0.717, 1.165) is 17.8 Å². The topological polar surface area (TPSA) is 33.2 Å². The summed E-state index contributed by atoms with van der Waals surface area (Å²) >= 11 is 6.14. The van der Waals surface area contributed by atoms with Crippen molar-refractivity contribution in [2.75, 3.05) is 4.90 Å². The molecular formula is C16H9F3N2OS2. The third-order valence-corrected chi connectivity index (χ3v) is 4.55. The molecular weight excluding hydrogens is 357 g/mol. The van der Waals surface area contributed by atoms with Gasteiger partial charge in [0.2, 0.25) is 0 Å². The number of rotatable bonds is 2. The van der Waals surface area contributed by atoms with Gasteiger partial charge in [-0.25, -0.2) is 0 Å². The van der Waals surface area contributed by atoms with Crippen LogP contribution >= 0.6 is 24.0 Å². The van der Waals surface area contributed by atoms with Crippen molar-refractivity contribution in [3.63, 3.8) is 0 Å². The van der Waals surface area contributed by atoms with Crippen LogP contribution in [0.2, 0.25) is 0 Å².